The number of hydrogen-bond acceptors (Lipinski definition) is 9. The highest BCUT2D eigenvalue weighted by atomic mass is 16.2. The first-order chi connectivity index (χ1) is 31.2. The molecule has 2 heterocycles. The molecule has 20 nitrogen and oxygen atoms in total. The van der Waals surface area contributed by atoms with Gasteiger partial charge in [-0.15, -0.1) is 0 Å². The van der Waals surface area contributed by atoms with Crippen LogP contribution in [0, 0.1) is 0 Å². The van der Waals surface area contributed by atoms with Gasteiger partial charge in [0.15, 0.2) is 5.96 Å². The van der Waals surface area contributed by atoms with Gasteiger partial charge in [-0.05, 0) is 49.8 Å². The van der Waals surface area contributed by atoms with Crippen LogP contribution in [-0.2, 0) is 52.8 Å². The Morgan fingerprint density at radius 2 is 1.25 bits per heavy atom. The van der Waals surface area contributed by atoms with Crippen molar-refractivity contribution in [3.05, 3.63) is 90.1 Å². The van der Waals surface area contributed by atoms with E-state index in [-0.39, 0.29) is 56.9 Å². The first-order valence-electron chi connectivity index (χ1n) is 21.9. The first kappa shape index (κ1) is 50.4. The zero-order valence-electron chi connectivity index (χ0n) is 37.2. The highest BCUT2D eigenvalue weighted by molar-refractivity contribution is 5.97. The smallest absolute Gasteiger partial charge is 0.243 e. The van der Waals surface area contributed by atoms with Gasteiger partial charge in [-0.25, -0.2) is 4.98 Å². The second-order valence-corrected chi connectivity index (χ2v) is 15.9. The number of unbranched alkanes of at least 4 members (excludes halogenated alkanes) is 1. The molecule has 0 fully saturated rings. The fourth-order valence-corrected chi connectivity index (χ4v) is 7.06. The number of hydrogen-bond donors (Lipinski definition) is 11. The fourth-order valence-electron chi connectivity index (χ4n) is 7.06. The molecule has 0 aliphatic heterocycles. The molecule has 6 atom stereocenters. The normalized spacial score (nSPS) is 13.8. The van der Waals surface area contributed by atoms with Gasteiger partial charge in [-0.2, -0.15) is 0 Å². The van der Waals surface area contributed by atoms with Crippen LogP contribution in [0.4, 0.5) is 0 Å². The number of primary amides is 1. The standard InChI is InChI=1S/C45H63N13O7/c1-4-6-17-33(54-38(59)13-5-2)41(62)53-27(3)40(61)57-37(23-30-25-49-26-52-30)44(65)58-36(21-28-14-8-7-9-15-28)43(64)55-34(19-12-20-50-45(47)48)42(63)56-35(39(46)60)22-29-24-51-32-18-11-10-16-31(29)32/h7-11,14-16,18,24-27,33-37,51H,4-6,12-13,17,19-23H2,1-3H3,(H2,46,60)(H,49,52)(H,53,62)(H,54,59)(H,55,64)(H,56,63)(H,57,61)(H,58,65)(H4,47,48,50)/t27-,33-,34-,35-,36+,37-/m0/s1. The quantitative estimate of drug-likeness (QED) is 0.0222. The molecule has 0 aliphatic carbocycles. The molecular weight excluding hydrogens is 835 g/mol. The molecule has 4 aromatic rings. The largest absolute Gasteiger partial charge is 0.370 e. The number of fused-ring (bicyclic) bond motifs is 1. The number of carbonyl (C=O) groups is 7. The van der Waals surface area contributed by atoms with E-state index >= 15 is 0 Å². The molecule has 0 saturated heterocycles. The third-order valence-corrected chi connectivity index (χ3v) is 10.6. The number of guanidine groups is 1. The van der Waals surface area contributed by atoms with Crippen molar-refractivity contribution < 1.29 is 33.6 Å². The Morgan fingerprint density at radius 1 is 0.646 bits per heavy atom. The monoisotopic (exact) mass is 897 g/mol. The Morgan fingerprint density at radius 3 is 1.91 bits per heavy atom. The number of para-hydroxylation sites is 1. The summed E-state index contributed by atoms with van der Waals surface area (Å²) in [5, 5.41) is 17.2. The lowest BCUT2D eigenvalue weighted by Gasteiger charge is -2.27. The molecule has 0 saturated carbocycles. The maximum atomic E-state index is 14.4. The van der Waals surface area contributed by atoms with Gasteiger partial charge in [0.05, 0.1) is 6.33 Å². The molecule has 7 amide bonds. The number of rotatable bonds is 27. The van der Waals surface area contributed by atoms with Crippen LogP contribution < -0.4 is 49.1 Å². The van der Waals surface area contributed by atoms with Crippen molar-refractivity contribution in [1.29, 1.82) is 0 Å². The summed E-state index contributed by atoms with van der Waals surface area (Å²) in [6.07, 6.45) is 7.52. The summed E-state index contributed by atoms with van der Waals surface area (Å²) in [4.78, 5) is 109. The average molecular weight is 898 g/mol. The number of nitrogens with two attached hydrogens (primary N) is 3. The van der Waals surface area contributed by atoms with Crippen molar-refractivity contribution in [2.24, 2.45) is 22.2 Å². The second-order valence-electron chi connectivity index (χ2n) is 15.9. The number of nitrogens with one attached hydrogen (secondary N) is 8. The molecule has 0 spiro atoms. The van der Waals surface area contributed by atoms with Crippen LogP contribution in [0.1, 0.15) is 82.5 Å². The van der Waals surface area contributed by atoms with Gasteiger partial charge < -0.3 is 59.1 Å². The molecule has 14 N–H and O–H groups in total. The molecule has 0 bridgehead atoms. The number of H-pyrrole nitrogens is 2. The van der Waals surface area contributed by atoms with E-state index in [2.05, 4.69) is 51.8 Å². The summed E-state index contributed by atoms with van der Waals surface area (Å²) in [6, 6.07) is 9.36. The summed E-state index contributed by atoms with van der Waals surface area (Å²) in [5.41, 5.74) is 19.6. The van der Waals surface area contributed by atoms with Crippen LogP contribution in [0.3, 0.4) is 0 Å². The zero-order chi connectivity index (χ0) is 47.3. The molecule has 0 aliphatic rings. The van der Waals surface area contributed by atoms with E-state index in [1.165, 1.54) is 19.4 Å². The molecule has 65 heavy (non-hydrogen) atoms. The summed E-state index contributed by atoms with van der Waals surface area (Å²) in [6.45, 7) is 5.39. The van der Waals surface area contributed by atoms with E-state index in [4.69, 9.17) is 17.2 Å². The molecule has 2 aromatic heterocycles. The second kappa shape index (κ2) is 25.8. The number of carbonyl (C=O) groups excluding carboxylic acids is 7. The van der Waals surface area contributed by atoms with Gasteiger partial charge >= 0.3 is 0 Å². The minimum Gasteiger partial charge on any atom is -0.370 e. The van der Waals surface area contributed by atoms with E-state index in [0.29, 0.717) is 30.5 Å². The van der Waals surface area contributed by atoms with Crippen LogP contribution in [0.15, 0.2) is 78.3 Å². The number of nitrogens with zero attached hydrogens (tertiary/aromatic N) is 2. The third kappa shape index (κ3) is 16.4. The molecule has 2 aromatic carbocycles. The Balaban J connectivity index is 1.56. The van der Waals surface area contributed by atoms with Crippen molar-refractivity contribution in [2.45, 2.75) is 121 Å². The van der Waals surface area contributed by atoms with Gasteiger partial charge in [0.25, 0.3) is 0 Å². The summed E-state index contributed by atoms with van der Waals surface area (Å²) >= 11 is 0. The van der Waals surface area contributed by atoms with Crippen LogP contribution in [0.5, 0.6) is 0 Å². The van der Waals surface area contributed by atoms with E-state index in [1.54, 1.807) is 36.5 Å². The van der Waals surface area contributed by atoms with E-state index in [9.17, 15) is 33.6 Å². The average Bonchev–Trinajstić information content (AvgIpc) is 3.95. The Kier molecular flexibility index (Phi) is 20.0. The van der Waals surface area contributed by atoms with Crippen LogP contribution >= 0.6 is 0 Å². The summed E-state index contributed by atoms with van der Waals surface area (Å²) in [5.74, 6) is -4.68. The molecular formula is C45H63N13O7. The lowest BCUT2D eigenvalue weighted by atomic mass is 10.0. The van der Waals surface area contributed by atoms with Gasteiger partial charge in [-0.3, -0.25) is 38.6 Å². The molecule has 4 rings (SSSR count). The van der Waals surface area contributed by atoms with Crippen LogP contribution in [0.25, 0.3) is 10.9 Å². The summed E-state index contributed by atoms with van der Waals surface area (Å²) in [7, 11) is 0. The highest BCUT2D eigenvalue weighted by Gasteiger charge is 2.33. The maximum Gasteiger partial charge on any atom is 0.243 e. The highest BCUT2D eigenvalue weighted by Crippen LogP contribution is 2.19. The number of aromatic nitrogens is 3. The Labute approximate surface area is 377 Å². The number of aliphatic imine (C=N–C) groups is 1. The van der Waals surface area contributed by atoms with Gasteiger partial charge in [-0.1, -0.05) is 75.2 Å². The third-order valence-electron chi connectivity index (χ3n) is 10.6. The van der Waals surface area contributed by atoms with Crippen molar-refractivity contribution in [3.8, 4) is 0 Å². The predicted molar refractivity (Wildman–Crippen MR) is 245 cm³/mol. The topological polar surface area (TPSA) is 327 Å². The minimum atomic E-state index is -1.29. The number of imidazole rings is 1. The molecule has 350 valence electrons. The van der Waals surface area contributed by atoms with Crippen molar-refractivity contribution in [3.63, 3.8) is 0 Å². The van der Waals surface area contributed by atoms with Gasteiger partial charge in [0.1, 0.15) is 36.3 Å². The fraction of sp³-hybridized carbons (Fsp3) is 0.444. The maximum absolute atomic E-state index is 14.4. The molecule has 0 unspecified atom stereocenters. The number of amides is 7. The van der Waals surface area contributed by atoms with Crippen molar-refractivity contribution in [1.82, 2.24) is 46.9 Å². The molecule has 20 heteroatoms. The minimum absolute atomic E-state index is 0.0225. The zero-order valence-corrected chi connectivity index (χ0v) is 37.2. The SMILES string of the molecule is CCCC[C@H](NC(=O)CCC)C(=O)N[C@@H](C)C(=O)N[C@@H](Cc1cnc[nH]1)C(=O)N[C@H](Cc1ccccc1)C(=O)N[C@@H](CCCN=C(N)N)C(=O)N[C@@H](Cc1c[nH]c2ccccc12)C(N)=O. The van der Waals surface area contributed by atoms with E-state index in [1.807, 2.05) is 38.1 Å². The lowest BCUT2D eigenvalue weighted by molar-refractivity contribution is -0.135. The van der Waals surface area contributed by atoms with E-state index < -0.39 is 71.7 Å². The summed E-state index contributed by atoms with van der Waals surface area (Å²) < 4.78 is 0. The first-order valence-corrected chi connectivity index (χ1v) is 21.9. The van der Waals surface area contributed by atoms with Crippen molar-refractivity contribution in [2.75, 3.05) is 6.54 Å². The number of aromatic amines is 2. The van der Waals surface area contributed by atoms with Crippen LogP contribution in [0.2, 0.25) is 0 Å². The van der Waals surface area contributed by atoms with Gasteiger partial charge in [0.2, 0.25) is 41.4 Å². The van der Waals surface area contributed by atoms with Crippen molar-refractivity contribution >= 4 is 58.2 Å². The number of benzene rings is 2. The van der Waals surface area contributed by atoms with Crippen LogP contribution in [-0.4, -0.2) is 105 Å². The van der Waals surface area contributed by atoms with Gasteiger partial charge in [0, 0.05) is 61.2 Å². The lowest BCUT2D eigenvalue weighted by Crippen LogP contribution is -2.60. The molecule has 0 radical (unpaired) electrons. The predicted octanol–water partition coefficient (Wildman–Crippen LogP) is 0.377. The van der Waals surface area contributed by atoms with E-state index in [0.717, 1.165) is 22.9 Å². The Bertz CT molecular complexity index is 2220. The Hall–Kier alpha value is -7.25.